The van der Waals surface area contributed by atoms with E-state index in [1.54, 1.807) is 0 Å². The quantitative estimate of drug-likeness (QED) is 0.636. The number of nitrogens with one attached hydrogen (secondary N) is 2. The van der Waals surface area contributed by atoms with Crippen molar-refractivity contribution >= 4 is 49.4 Å². The Morgan fingerprint density at radius 3 is 1.77 bits per heavy atom. The van der Waals surface area contributed by atoms with Crippen LogP contribution < -0.4 is 10.6 Å². The van der Waals surface area contributed by atoms with Gasteiger partial charge in [0, 0.05) is 28.5 Å². The molecule has 1 atom stereocenters. The molecule has 2 aromatic rings. The molecule has 0 aliphatic rings. The third kappa shape index (κ3) is 5.54. The zero-order valence-corrected chi connectivity index (χ0v) is 17.9. The van der Waals surface area contributed by atoms with Crippen LogP contribution >= 0.6 is 31.9 Å². The van der Waals surface area contributed by atoms with Crippen molar-refractivity contribution in [1.29, 1.82) is 0 Å². The van der Waals surface area contributed by atoms with Gasteiger partial charge in [-0.1, -0.05) is 56.1 Å². The Morgan fingerprint density at radius 2 is 1.31 bits per heavy atom. The van der Waals surface area contributed by atoms with Crippen molar-refractivity contribution in [3.8, 4) is 0 Å². The molecule has 136 valence electrons. The van der Waals surface area contributed by atoms with E-state index in [0.29, 0.717) is 5.70 Å². The van der Waals surface area contributed by atoms with E-state index in [1.807, 2.05) is 55.5 Å². The van der Waals surface area contributed by atoms with Crippen LogP contribution in [0.15, 0.2) is 63.0 Å². The highest BCUT2D eigenvalue weighted by molar-refractivity contribution is 9.10. The number of amides is 2. The second-order valence-electron chi connectivity index (χ2n) is 5.93. The second-order valence-corrected chi connectivity index (χ2v) is 7.76. The molecule has 0 heterocycles. The van der Waals surface area contributed by atoms with Crippen LogP contribution in [-0.4, -0.2) is 11.8 Å². The van der Waals surface area contributed by atoms with Gasteiger partial charge in [-0.2, -0.15) is 0 Å². The van der Waals surface area contributed by atoms with Gasteiger partial charge in [0.05, 0.1) is 6.04 Å². The van der Waals surface area contributed by atoms with Gasteiger partial charge in [0.2, 0.25) is 11.8 Å². The lowest BCUT2D eigenvalue weighted by molar-refractivity contribution is -0.119. The Kier molecular flexibility index (Phi) is 7.17. The average molecular weight is 480 g/mol. The molecular formula is C20H20Br2N2O2. The number of hydrogen-bond acceptors (Lipinski definition) is 2. The minimum atomic E-state index is -0.355. The molecule has 0 spiro atoms. The highest BCUT2D eigenvalue weighted by Gasteiger charge is 2.20. The first kappa shape index (κ1) is 20.4. The Hall–Kier alpha value is -1.92. The molecule has 4 nitrogen and oxygen atoms in total. The zero-order valence-electron chi connectivity index (χ0n) is 14.8. The second kappa shape index (κ2) is 9.14. The molecule has 2 amide bonds. The molecule has 6 heteroatoms. The van der Waals surface area contributed by atoms with Crippen LogP contribution in [0, 0.1) is 0 Å². The third-order valence-corrected chi connectivity index (χ3v) is 4.87. The van der Waals surface area contributed by atoms with Gasteiger partial charge in [0.15, 0.2) is 0 Å². The Bertz CT molecular complexity index is 828. The Balaban J connectivity index is 2.58. The van der Waals surface area contributed by atoms with E-state index >= 15 is 0 Å². The molecule has 0 aliphatic heterocycles. The minimum absolute atomic E-state index is 0.143. The van der Waals surface area contributed by atoms with E-state index in [-0.39, 0.29) is 17.9 Å². The molecule has 0 saturated carbocycles. The van der Waals surface area contributed by atoms with Gasteiger partial charge in [0.25, 0.3) is 0 Å². The Labute approximate surface area is 170 Å². The summed E-state index contributed by atoms with van der Waals surface area (Å²) in [7, 11) is 0. The van der Waals surface area contributed by atoms with Gasteiger partial charge in [-0.15, -0.1) is 0 Å². The number of rotatable bonds is 5. The topological polar surface area (TPSA) is 58.2 Å². The maximum atomic E-state index is 11.8. The van der Waals surface area contributed by atoms with Gasteiger partial charge in [-0.05, 0) is 47.9 Å². The number of carbonyl (C=O) groups excluding carboxylic acids is 2. The number of halogens is 2. The predicted molar refractivity (Wildman–Crippen MR) is 111 cm³/mol. The summed E-state index contributed by atoms with van der Waals surface area (Å²) >= 11 is 6.85. The first-order chi connectivity index (χ1) is 12.3. The monoisotopic (exact) mass is 478 g/mol. The van der Waals surface area contributed by atoms with Crippen molar-refractivity contribution in [3.63, 3.8) is 0 Å². The molecule has 0 fully saturated rings. The fraction of sp³-hybridized carbons (Fsp3) is 0.200. The van der Waals surface area contributed by atoms with Crippen molar-refractivity contribution in [3.05, 3.63) is 74.2 Å². The van der Waals surface area contributed by atoms with Crippen LogP contribution in [-0.2, 0) is 9.59 Å². The minimum Gasteiger partial charge on any atom is -0.346 e. The first-order valence-electron chi connectivity index (χ1n) is 8.04. The molecule has 0 saturated heterocycles. The van der Waals surface area contributed by atoms with Crippen molar-refractivity contribution in [2.45, 2.75) is 26.8 Å². The van der Waals surface area contributed by atoms with Crippen molar-refractivity contribution in [1.82, 2.24) is 10.6 Å². The average Bonchev–Trinajstić information content (AvgIpc) is 2.58. The van der Waals surface area contributed by atoms with Gasteiger partial charge >= 0.3 is 0 Å². The summed E-state index contributed by atoms with van der Waals surface area (Å²) in [6.45, 7) is 4.87. The summed E-state index contributed by atoms with van der Waals surface area (Å²) in [5, 5.41) is 5.89. The maximum Gasteiger partial charge on any atom is 0.221 e. The lowest BCUT2D eigenvalue weighted by atomic mass is 9.95. The van der Waals surface area contributed by atoms with E-state index in [4.69, 9.17) is 0 Å². The SMILES string of the molecule is CC(=O)N/C(=C(/C)C(NC(C)=O)c1ccc(Br)cc1)c1ccc(Br)cc1. The third-order valence-electron chi connectivity index (χ3n) is 3.81. The van der Waals surface area contributed by atoms with E-state index in [9.17, 15) is 9.59 Å². The van der Waals surface area contributed by atoms with Gasteiger partial charge in [-0.25, -0.2) is 0 Å². The molecule has 26 heavy (non-hydrogen) atoms. The standard InChI is InChI=1S/C20H20Br2N2O2/c1-12(19(23-13(2)25)15-4-8-17(21)9-5-15)20(24-14(3)26)16-6-10-18(22)11-7-16/h4-11,19H,1-3H3,(H,23,25)(H,24,26)/b20-12-. The molecular weight excluding hydrogens is 460 g/mol. The number of hydrogen-bond donors (Lipinski definition) is 2. The number of benzene rings is 2. The van der Waals surface area contributed by atoms with Crippen LogP contribution in [0.5, 0.6) is 0 Å². The molecule has 2 rings (SSSR count). The first-order valence-corrected chi connectivity index (χ1v) is 9.63. The van der Waals surface area contributed by atoms with E-state index in [2.05, 4.69) is 42.5 Å². The van der Waals surface area contributed by atoms with Crippen molar-refractivity contribution in [2.24, 2.45) is 0 Å². The van der Waals surface area contributed by atoms with Crippen LogP contribution in [0.4, 0.5) is 0 Å². The van der Waals surface area contributed by atoms with Crippen molar-refractivity contribution in [2.75, 3.05) is 0 Å². The van der Waals surface area contributed by atoms with E-state index < -0.39 is 0 Å². The number of carbonyl (C=O) groups is 2. The van der Waals surface area contributed by atoms with Gasteiger partial charge < -0.3 is 10.6 Å². The molecule has 0 bridgehead atoms. The summed E-state index contributed by atoms with van der Waals surface area (Å²) in [4.78, 5) is 23.6. The molecule has 1 unspecified atom stereocenters. The lowest BCUT2D eigenvalue weighted by Gasteiger charge is -2.23. The normalized spacial score (nSPS) is 12.8. The Morgan fingerprint density at radius 1 is 0.808 bits per heavy atom. The summed E-state index contributed by atoms with van der Waals surface area (Å²) in [6, 6.07) is 15.1. The van der Waals surface area contributed by atoms with Crippen LogP contribution in [0.3, 0.4) is 0 Å². The fourth-order valence-corrected chi connectivity index (χ4v) is 3.16. The lowest BCUT2D eigenvalue weighted by Crippen LogP contribution is -2.29. The molecule has 0 aliphatic carbocycles. The highest BCUT2D eigenvalue weighted by atomic mass is 79.9. The predicted octanol–water partition coefficient (Wildman–Crippen LogP) is 4.96. The van der Waals surface area contributed by atoms with E-state index in [1.165, 1.54) is 13.8 Å². The highest BCUT2D eigenvalue weighted by Crippen LogP contribution is 2.29. The summed E-state index contributed by atoms with van der Waals surface area (Å²) in [5.74, 6) is -0.310. The van der Waals surface area contributed by atoms with Gasteiger partial charge in [0.1, 0.15) is 0 Å². The van der Waals surface area contributed by atoms with Crippen LogP contribution in [0.2, 0.25) is 0 Å². The van der Waals surface area contributed by atoms with Gasteiger partial charge in [-0.3, -0.25) is 9.59 Å². The molecule has 0 radical (unpaired) electrons. The largest absolute Gasteiger partial charge is 0.346 e. The molecule has 2 aromatic carbocycles. The summed E-state index contributed by atoms with van der Waals surface area (Å²) in [6.07, 6.45) is 0. The molecule has 0 aromatic heterocycles. The van der Waals surface area contributed by atoms with E-state index in [0.717, 1.165) is 25.6 Å². The zero-order chi connectivity index (χ0) is 19.3. The smallest absolute Gasteiger partial charge is 0.221 e. The maximum absolute atomic E-state index is 11.8. The van der Waals surface area contributed by atoms with Crippen molar-refractivity contribution < 1.29 is 9.59 Å². The fourth-order valence-electron chi connectivity index (χ4n) is 2.64. The molecule has 2 N–H and O–H groups in total. The summed E-state index contributed by atoms with van der Waals surface area (Å²) in [5.41, 5.74) is 3.33. The summed E-state index contributed by atoms with van der Waals surface area (Å²) < 4.78 is 1.91. The van der Waals surface area contributed by atoms with Crippen LogP contribution in [0.1, 0.15) is 37.9 Å². The van der Waals surface area contributed by atoms with Crippen LogP contribution in [0.25, 0.3) is 5.70 Å².